The van der Waals surface area contributed by atoms with Gasteiger partial charge >= 0.3 is 6.03 Å². The molecule has 0 unspecified atom stereocenters. The lowest BCUT2D eigenvalue weighted by molar-refractivity contribution is -0.117. The molecule has 0 saturated carbocycles. The van der Waals surface area contributed by atoms with Crippen molar-refractivity contribution in [2.75, 3.05) is 17.2 Å². The first-order valence-electron chi connectivity index (χ1n) is 8.21. The highest BCUT2D eigenvalue weighted by Gasteiger charge is 2.13. The van der Waals surface area contributed by atoms with Crippen LogP contribution in [0.1, 0.15) is 16.9 Å². The summed E-state index contributed by atoms with van der Waals surface area (Å²) in [6.07, 6.45) is 3.34. The van der Waals surface area contributed by atoms with E-state index in [0.717, 1.165) is 0 Å². The molecule has 144 valence electrons. The van der Waals surface area contributed by atoms with Crippen LogP contribution < -0.4 is 21.7 Å². The van der Waals surface area contributed by atoms with E-state index >= 15 is 0 Å². The van der Waals surface area contributed by atoms with Crippen LogP contribution in [0.4, 0.5) is 16.2 Å². The minimum absolute atomic E-state index is 0.0527. The summed E-state index contributed by atoms with van der Waals surface area (Å²) in [5.74, 6) is -0.281. The zero-order valence-corrected chi connectivity index (χ0v) is 15.4. The van der Waals surface area contributed by atoms with Crippen LogP contribution in [0.15, 0.2) is 42.0 Å². The number of hydrogen-bond acceptors (Lipinski definition) is 6. The van der Waals surface area contributed by atoms with Gasteiger partial charge in [-0.3, -0.25) is 9.59 Å². The number of carbonyl (C=O) groups excluding carboxylic acids is 3. The molecule has 11 heteroatoms. The zero-order chi connectivity index (χ0) is 19.9. The fourth-order valence-electron chi connectivity index (χ4n) is 2.21. The van der Waals surface area contributed by atoms with Crippen LogP contribution in [0.2, 0.25) is 0 Å². The van der Waals surface area contributed by atoms with Gasteiger partial charge in [-0.05, 0) is 18.2 Å². The van der Waals surface area contributed by atoms with Gasteiger partial charge in [0.15, 0.2) is 10.8 Å². The Balaban J connectivity index is 1.59. The number of nitrogens with one attached hydrogen (secondary N) is 4. The van der Waals surface area contributed by atoms with E-state index in [9.17, 15) is 14.4 Å². The van der Waals surface area contributed by atoms with Crippen molar-refractivity contribution in [3.8, 4) is 10.8 Å². The molecule has 0 radical (unpaired) electrons. The maximum Gasteiger partial charge on any atom is 0.319 e. The highest BCUT2D eigenvalue weighted by Crippen LogP contribution is 2.21. The molecule has 0 aliphatic rings. The molecule has 0 bridgehead atoms. The van der Waals surface area contributed by atoms with Crippen molar-refractivity contribution < 1.29 is 14.4 Å². The molecule has 0 atom stereocenters. The molecule has 10 nitrogen and oxygen atoms in total. The van der Waals surface area contributed by atoms with E-state index in [1.165, 1.54) is 11.3 Å². The Morgan fingerprint density at radius 2 is 1.96 bits per heavy atom. The lowest BCUT2D eigenvalue weighted by atomic mass is 10.2. The number of aromatic nitrogens is 3. The van der Waals surface area contributed by atoms with Gasteiger partial charge in [-0.25, -0.2) is 14.8 Å². The molecule has 0 spiro atoms. The van der Waals surface area contributed by atoms with Gasteiger partial charge in [0.1, 0.15) is 5.69 Å². The molecule has 0 aliphatic carbocycles. The number of nitrogens with zero attached hydrogens (tertiary/aromatic N) is 2. The van der Waals surface area contributed by atoms with Crippen LogP contribution in [0, 0.1) is 0 Å². The molecule has 2 heterocycles. The van der Waals surface area contributed by atoms with Gasteiger partial charge in [0.05, 0.1) is 0 Å². The number of H-pyrrole nitrogens is 1. The number of anilines is 2. The van der Waals surface area contributed by atoms with Crippen LogP contribution >= 0.6 is 11.3 Å². The molecule has 3 rings (SSSR count). The summed E-state index contributed by atoms with van der Waals surface area (Å²) in [6, 6.07) is 6.16. The molecule has 0 saturated heterocycles. The summed E-state index contributed by atoms with van der Waals surface area (Å²) in [4.78, 5) is 46.2. The smallest absolute Gasteiger partial charge is 0.319 e. The SMILES string of the molecule is NC(=O)CCNC(=O)Nc1cccc(NC(=O)c2csc(-c3ncc[nH]3)n2)c1. The van der Waals surface area contributed by atoms with Gasteiger partial charge in [-0.2, -0.15) is 0 Å². The van der Waals surface area contributed by atoms with Crippen molar-refractivity contribution in [2.45, 2.75) is 6.42 Å². The minimum Gasteiger partial charge on any atom is -0.370 e. The Hall–Kier alpha value is -3.73. The molecule has 28 heavy (non-hydrogen) atoms. The summed E-state index contributed by atoms with van der Waals surface area (Å²) in [7, 11) is 0. The molecule has 2 aromatic heterocycles. The van der Waals surface area contributed by atoms with Crippen molar-refractivity contribution in [1.29, 1.82) is 0 Å². The number of imidazole rings is 1. The number of carbonyl (C=O) groups is 3. The molecule has 0 aliphatic heterocycles. The Morgan fingerprint density at radius 1 is 1.18 bits per heavy atom. The second-order valence-corrected chi connectivity index (χ2v) is 6.47. The number of rotatable bonds is 7. The summed E-state index contributed by atoms with van der Waals surface area (Å²) < 4.78 is 0. The number of primary amides is 1. The number of urea groups is 1. The number of hydrogen-bond donors (Lipinski definition) is 5. The number of benzene rings is 1. The number of amides is 4. The Bertz CT molecular complexity index is 984. The minimum atomic E-state index is -0.498. The quantitative estimate of drug-likeness (QED) is 0.409. The van der Waals surface area contributed by atoms with Crippen LogP contribution in [-0.4, -0.2) is 39.3 Å². The Labute approximate surface area is 163 Å². The Kier molecular flexibility index (Phi) is 5.97. The van der Waals surface area contributed by atoms with E-state index in [1.807, 2.05) is 0 Å². The van der Waals surface area contributed by atoms with Crippen molar-refractivity contribution in [2.24, 2.45) is 5.73 Å². The molecular formula is C17H17N7O3S. The number of thiazole rings is 1. The van der Waals surface area contributed by atoms with Crippen LogP contribution in [-0.2, 0) is 4.79 Å². The first kappa shape index (κ1) is 19.0. The standard InChI is InChI=1S/C17H17N7O3S/c18-13(25)4-5-21-17(27)23-11-3-1-2-10(8-11)22-15(26)12-9-28-16(24-12)14-19-6-7-20-14/h1-3,6-9H,4-5H2,(H2,18,25)(H,19,20)(H,22,26)(H2,21,23,27). The van der Waals surface area contributed by atoms with Crippen LogP contribution in [0.3, 0.4) is 0 Å². The lowest BCUT2D eigenvalue weighted by Crippen LogP contribution is -2.31. The first-order valence-corrected chi connectivity index (χ1v) is 9.09. The van der Waals surface area contributed by atoms with Crippen LogP contribution in [0.25, 0.3) is 10.8 Å². The zero-order valence-electron chi connectivity index (χ0n) is 14.6. The third kappa shape index (κ3) is 5.14. The van der Waals surface area contributed by atoms with Crippen LogP contribution in [0.5, 0.6) is 0 Å². The average molecular weight is 399 g/mol. The fourth-order valence-corrected chi connectivity index (χ4v) is 2.97. The number of aromatic amines is 1. The van der Waals surface area contributed by atoms with Gasteiger partial charge in [-0.15, -0.1) is 11.3 Å². The summed E-state index contributed by atoms with van der Waals surface area (Å²) in [5, 5.41) is 10.1. The highest BCUT2D eigenvalue weighted by molar-refractivity contribution is 7.13. The lowest BCUT2D eigenvalue weighted by Gasteiger charge is -2.09. The largest absolute Gasteiger partial charge is 0.370 e. The maximum atomic E-state index is 12.4. The normalized spacial score (nSPS) is 10.3. The molecule has 1 aromatic carbocycles. The molecular weight excluding hydrogens is 382 g/mol. The van der Waals surface area contributed by atoms with Crippen molar-refractivity contribution >= 4 is 40.6 Å². The van der Waals surface area contributed by atoms with Crippen molar-refractivity contribution in [3.63, 3.8) is 0 Å². The average Bonchev–Trinajstić information content (AvgIpc) is 3.33. The summed E-state index contributed by atoms with van der Waals surface area (Å²) in [5.41, 5.74) is 6.25. The molecule has 3 aromatic rings. The fraction of sp³-hybridized carbons (Fsp3) is 0.118. The van der Waals surface area contributed by atoms with E-state index in [-0.39, 0.29) is 24.6 Å². The highest BCUT2D eigenvalue weighted by atomic mass is 32.1. The van der Waals surface area contributed by atoms with E-state index in [2.05, 4.69) is 30.9 Å². The van der Waals surface area contributed by atoms with E-state index < -0.39 is 11.9 Å². The third-order valence-electron chi connectivity index (χ3n) is 3.47. The molecule has 0 fully saturated rings. The van der Waals surface area contributed by atoms with Gasteiger partial charge in [0.25, 0.3) is 5.91 Å². The van der Waals surface area contributed by atoms with Gasteiger partial charge in [0.2, 0.25) is 5.91 Å². The Morgan fingerprint density at radius 3 is 2.68 bits per heavy atom. The molecule has 4 amide bonds. The molecule has 6 N–H and O–H groups in total. The van der Waals surface area contributed by atoms with Gasteiger partial charge in [0, 0.05) is 42.1 Å². The van der Waals surface area contributed by atoms with Crippen molar-refractivity contribution in [3.05, 3.63) is 47.7 Å². The van der Waals surface area contributed by atoms with Gasteiger partial charge in [-0.1, -0.05) is 6.07 Å². The predicted octanol–water partition coefficient (Wildman–Crippen LogP) is 1.78. The van der Waals surface area contributed by atoms with E-state index in [1.54, 1.807) is 42.0 Å². The van der Waals surface area contributed by atoms with E-state index in [4.69, 9.17) is 5.73 Å². The second-order valence-electron chi connectivity index (χ2n) is 5.61. The van der Waals surface area contributed by atoms with Gasteiger partial charge < -0.3 is 26.7 Å². The van der Waals surface area contributed by atoms with E-state index in [0.29, 0.717) is 22.2 Å². The van der Waals surface area contributed by atoms with Crippen molar-refractivity contribution in [1.82, 2.24) is 20.3 Å². The monoisotopic (exact) mass is 399 g/mol. The predicted molar refractivity (Wildman–Crippen MR) is 105 cm³/mol. The number of nitrogens with two attached hydrogens (primary N) is 1. The first-order chi connectivity index (χ1) is 13.5. The maximum absolute atomic E-state index is 12.4. The second kappa shape index (κ2) is 8.77. The summed E-state index contributed by atoms with van der Waals surface area (Å²) in [6.45, 7) is 0.138. The topological polar surface area (TPSA) is 155 Å². The third-order valence-corrected chi connectivity index (χ3v) is 4.32. The summed E-state index contributed by atoms with van der Waals surface area (Å²) >= 11 is 1.30.